The first kappa shape index (κ1) is 20.9. The molecule has 1 amide bonds. The standard InChI is InChI=1S/C21H30N6O2/c1-4-5-20(28)25-18-8-6-16(7-9-18)12-23-21(22-2)27-10-11-29-19(15-27)17-13-24-26(3)14-17/h6-9,13-14,19H,4-5,10-12,15H2,1-3H3,(H,22,23)(H,25,28). The van der Waals surface area contributed by atoms with E-state index in [-0.39, 0.29) is 12.0 Å². The number of amides is 1. The molecule has 1 aromatic heterocycles. The highest BCUT2D eigenvalue weighted by Crippen LogP contribution is 2.21. The molecule has 1 saturated heterocycles. The van der Waals surface area contributed by atoms with Crippen LogP contribution < -0.4 is 10.6 Å². The molecule has 8 heteroatoms. The average Bonchev–Trinajstić information content (AvgIpc) is 3.16. The van der Waals surface area contributed by atoms with Gasteiger partial charge in [0.1, 0.15) is 6.10 Å². The Morgan fingerprint density at radius 1 is 1.34 bits per heavy atom. The number of hydrogen-bond donors (Lipinski definition) is 2. The van der Waals surface area contributed by atoms with Crippen molar-refractivity contribution in [2.75, 3.05) is 32.1 Å². The number of benzene rings is 1. The Balaban J connectivity index is 1.54. The van der Waals surface area contributed by atoms with Gasteiger partial charge < -0.3 is 20.3 Å². The predicted octanol–water partition coefficient (Wildman–Crippen LogP) is 2.31. The van der Waals surface area contributed by atoms with Gasteiger partial charge in [-0.05, 0) is 24.1 Å². The molecule has 1 aliphatic rings. The Kier molecular flexibility index (Phi) is 7.24. The summed E-state index contributed by atoms with van der Waals surface area (Å²) in [5.74, 6) is 0.900. The van der Waals surface area contributed by atoms with Crippen molar-refractivity contribution in [3.63, 3.8) is 0 Å². The lowest BCUT2D eigenvalue weighted by molar-refractivity contribution is -0.116. The predicted molar refractivity (Wildman–Crippen MR) is 114 cm³/mol. The van der Waals surface area contributed by atoms with Crippen molar-refractivity contribution in [3.8, 4) is 0 Å². The van der Waals surface area contributed by atoms with Gasteiger partial charge in [-0.3, -0.25) is 14.5 Å². The molecule has 3 rings (SSSR count). The second-order valence-corrected chi connectivity index (χ2v) is 7.15. The van der Waals surface area contributed by atoms with Crippen LogP contribution in [0.3, 0.4) is 0 Å². The molecule has 2 aromatic rings. The topological polar surface area (TPSA) is 83.8 Å². The fourth-order valence-electron chi connectivity index (χ4n) is 3.32. The van der Waals surface area contributed by atoms with Gasteiger partial charge in [0.25, 0.3) is 0 Å². The van der Waals surface area contributed by atoms with Gasteiger partial charge in [-0.1, -0.05) is 19.1 Å². The molecular formula is C21H30N6O2. The minimum Gasteiger partial charge on any atom is -0.370 e. The third-order valence-corrected chi connectivity index (χ3v) is 4.84. The smallest absolute Gasteiger partial charge is 0.224 e. The first-order valence-corrected chi connectivity index (χ1v) is 10.0. The number of anilines is 1. The maximum atomic E-state index is 11.7. The molecular weight excluding hydrogens is 368 g/mol. The van der Waals surface area contributed by atoms with E-state index >= 15 is 0 Å². The molecule has 0 aliphatic carbocycles. The van der Waals surface area contributed by atoms with Crippen molar-refractivity contribution < 1.29 is 9.53 Å². The number of carbonyl (C=O) groups excluding carboxylic acids is 1. The van der Waals surface area contributed by atoms with Crippen molar-refractivity contribution in [2.45, 2.75) is 32.4 Å². The number of carbonyl (C=O) groups is 1. The van der Waals surface area contributed by atoms with Gasteiger partial charge in [0.15, 0.2) is 5.96 Å². The lowest BCUT2D eigenvalue weighted by Crippen LogP contribution is -2.47. The summed E-state index contributed by atoms with van der Waals surface area (Å²) in [6.45, 7) is 4.82. The molecule has 8 nitrogen and oxygen atoms in total. The van der Waals surface area contributed by atoms with Crippen LogP contribution in [0.5, 0.6) is 0 Å². The highest BCUT2D eigenvalue weighted by molar-refractivity contribution is 5.90. The second-order valence-electron chi connectivity index (χ2n) is 7.15. The van der Waals surface area contributed by atoms with Gasteiger partial charge in [0.05, 0.1) is 19.3 Å². The summed E-state index contributed by atoms with van der Waals surface area (Å²) in [5, 5.41) is 10.6. The van der Waals surface area contributed by atoms with Crippen LogP contribution in [0, 0.1) is 0 Å². The van der Waals surface area contributed by atoms with Gasteiger partial charge in [0.2, 0.25) is 5.91 Å². The lowest BCUT2D eigenvalue weighted by Gasteiger charge is -2.34. The average molecular weight is 399 g/mol. The molecule has 2 heterocycles. The maximum Gasteiger partial charge on any atom is 0.224 e. The molecule has 1 atom stereocenters. The zero-order valence-electron chi connectivity index (χ0n) is 17.4. The molecule has 0 radical (unpaired) electrons. The normalized spacial score (nSPS) is 17.3. The van der Waals surface area contributed by atoms with E-state index in [0.717, 1.165) is 42.3 Å². The van der Waals surface area contributed by atoms with E-state index in [1.54, 1.807) is 11.7 Å². The summed E-state index contributed by atoms with van der Waals surface area (Å²) in [5.41, 5.74) is 3.02. The molecule has 156 valence electrons. The molecule has 2 N–H and O–H groups in total. The number of ether oxygens (including phenoxy) is 1. The van der Waals surface area contributed by atoms with E-state index in [9.17, 15) is 4.79 Å². The minimum absolute atomic E-state index is 0.0120. The summed E-state index contributed by atoms with van der Waals surface area (Å²) in [7, 11) is 3.70. The first-order valence-electron chi connectivity index (χ1n) is 10.0. The number of hydrogen-bond acceptors (Lipinski definition) is 4. The van der Waals surface area contributed by atoms with Crippen LogP contribution in [-0.2, 0) is 23.1 Å². The van der Waals surface area contributed by atoms with E-state index in [1.807, 2.05) is 50.6 Å². The number of nitrogens with one attached hydrogen (secondary N) is 2. The van der Waals surface area contributed by atoms with Gasteiger partial charge in [-0.2, -0.15) is 5.10 Å². The fraction of sp³-hybridized carbons (Fsp3) is 0.476. The van der Waals surface area contributed by atoms with Gasteiger partial charge in [-0.25, -0.2) is 0 Å². The van der Waals surface area contributed by atoms with Gasteiger partial charge >= 0.3 is 0 Å². The number of nitrogens with zero attached hydrogens (tertiary/aromatic N) is 4. The number of rotatable bonds is 6. The summed E-state index contributed by atoms with van der Waals surface area (Å²) < 4.78 is 7.71. The number of aromatic nitrogens is 2. The summed E-state index contributed by atoms with van der Waals surface area (Å²) in [6, 6.07) is 7.89. The van der Waals surface area contributed by atoms with Crippen LogP contribution in [-0.4, -0.2) is 53.3 Å². The van der Waals surface area contributed by atoms with E-state index in [2.05, 4.69) is 25.6 Å². The Morgan fingerprint density at radius 3 is 2.79 bits per heavy atom. The number of aliphatic imine (C=N–C) groups is 1. The van der Waals surface area contributed by atoms with Crippen LogP contribution >= 0.6 is 0 Å². The number of aryl methyl sites for hydroxylation is 1. The summed E-state index contributed by atoms with van der Waals surface area (Å²) in [6.07, 6.45) is 5.22. The summed E-state index contributed by atoms with van der Waals surface area (Å²) in [4.78, 5) is 18.3. The number of guanidine groups is 1. The second kappa shape index (κ2) is 10.1. The molecule has 0 bridgehead atoms. The highest BCUT2D eigenvalue weighted by atomic mass is 16.5. The Labute approximate surface area is 171 Å². The van der Waals surface area contributed by atoms with Crippen molar-refractivity contribution in [2.24, 2.45) is 12.0 Å². The molecule has 0 spiro atoms. The SMILES string of the molecule is CCCC(=O)Nc1ccc(CNC(=NC)N2CCOC(c3cnn(C)c3)C2)cc1. The third kappa shape index (κ3) is 5.80. The van der Waals surface area contributed by atoms with E-state index in [4.69, 9.17) is 4.74 Å². The van der Waals surface area contributed by atoms with Crippen LogP contribution in [0.25, 0.3) is 0 Å². The van der Waals surface area contributed by atoms with Crippen molar-refractivity contribution in [3.05, 3.63) is 47.8 Å². The van der Waals surface area contributed by atoms with Crippen LogP contribution in [0.1, 0.15) is 37.0 Å². The molecule has 0 saturated carbocycles. The van der Waals surface area contributed by atoms with Crippen molar-refractivity contribution in [1.29, 1.82) is 0 Å². The quantitative estimate of drug-likeness (QED) is 0.576. The molecule has 1 aliphatic heterocycles. The van der Waals surface area contributed by atoms with E-state index in [0.29, 0.717) is 19.6 Å². The van der Waals surface area contributed by atoms with Gasteiger partial charge in [0, 0.05) is 51.1 Å². The zero-order valence-corrected chi connectivity index (χ0v) is 17.4. The monoisotopic (exact) mass is 398 g/mol. The lowest BCUT2D eigenvalue weighted by atomic mass is 10.1. The molecule has 1 fully saturated rings. The third-order valence-electron chi connectivity index (χ3n) is 4.84. The van der Waals surface area contributed by atoms with E-state index < -0.39 is 0 Å². The molecule has 1 aromatic carbocycles. The van der Waals surface area contributed by atoms with Crippen molar-refractivity contribution >= 4 is 17.6 Å². The number of morpholine rings is 1. The Hall–Kier alpha value is -2.87. The first-order chi connectivity index (χ1) is 14.1. The highest BCUT2D eigenvalue weighted by Gasteiger charge is 2.25. The maximum absolute atomic E-state index is 11.7. The molecule has 29 heavy (non-hydrogen) atoms. The van der Waals surface area contributed by atoms with Gasteiger partial charge in [-0.15, -0.1) is 0 Å². The van der Waals surface area contributed by atoms with Crippen LogP contribution in [0.4, 0.5) is 5.69 Å². The van der Waals surface area contributed by atoms with Crippen molar-refractivity contribution in [1.82, 2.24) is 20.0 Å². The Morgan fingerprint density at radius 2 is 2.14 bits per heavy atom. The van der Waals surface area contributed by atoms with Crippen LogP contribution in [0.15, 0.2) is 41.7 Å². The fourth-order valence-corrected chi connectivity index (χ4v) is 3.32. The molecule has 1 unspecified atom stereocenters. The van der Waals surface area contributed by atoms with Crippen LogP contribution in [0.2, 0.25) is 0 Å². The zero-order chi connectivity index (χ0) is 20.6. The largest absolute Gasteiger partial charge is 0.370 e. The van der Waals surface area contributed by atoms with E-state index in [1.165, 1.54) is 0 Å². The minimum atomic E-state index is -0.0120. The summed E-state index contributed by atoms with van der Waals surface area (Å²) >= 11 is 0. The Bertz CT molecular complexity index is 830.